The molecule has 0 spiro atoms. The van der Waals surface area contributed by atoms with Gasteiger partial charge in [0.2, 0.25) is 0 Å². The topological polar surface area (TPSA) is 57.0 Å². The van der Waals surface area contributed by atoms with E-state index in [0.29, 0.717) is 16.6 Å². The van der Waals surface area contributed by atoms with Crippen LogP contribution in [0.25, 0.3) is 0 Å². The van der Waals surface area contributed by atoms with Crippen molar-refractivity contribution in [3.63, 3.8) is 0 Å². The molecule has 1 rings (SSSR count). The number of amides is 1. The van der Waals surface area contributed by atoms with Crippen LogP contribution < -0.4 is 0 Å². The SMILES string of the molecule is CC(CC#N)N(C)C(=O)c1cccnc1Br. The van der Waals surface area contributed by atoms with Crippen LogP contribution in [-0.2, 0) is 0 Å². The summed E-state index contributed by atoms with van der Waals surface area (Å²) in [6.07, 6.45) is 1.93. The zero-order valence-corrected chi connectivity index (χ0v) is 10.7. The van der Waals surface area contributed by atoms with Gasteiger partial charge >= 0.3 is 0 Å². The lowest BCUT2D eigenvalue weighted by Gasteiger charge is -2.23. The van der Waals surface area contributed by atoms with Gasteiger partial charge in [-0.15, -0.1) is 0 Å². The molecule has 1 amide bonds. The van der Waals surface area contributed by atoms with Crippen molar-refractivity contribution in [3.05, 3.63) is 28.5 Å². The normalized spacial score (nSPS) is 11.6. The summed E-state index contributed by atoms with van der Waals surface area (Å²) < 4.78 is 0.524. The maximum Gasteiger partial charge on any atom is 0.256 e. The minimum Gasteiger partial charge on any atom is -0.338 e. The van der Waals surface area contributed by atoms with Crippen molar-refractivity contribution in [2.45, 2.75) is 19.4 Å². The van der Waals surface area contributed by atoms with Crippen LogP contribution in [0, 0.1) is 11.3 Å². The molecule has 0 bridgehead atoms. The number of carbonyl (C=O) groups is 1. The molecule has 1 aromatic heterocycles. The third kappa shape index (κ3) is 2.80. The molecule has 84 valence electrons. The van der Waals surface area contributed by atoms with E-state index in [2.05, 4.69) is 20.9 Å². The summed E-state index contributed by atoms with van der Waals surface area (Å²) in [5.41, 5.74) is 0.509. The Morgan fingerprint density at radius 2 is 2.44 bits per heavy atom. The van der Waals surface area contributed by atoms with E-state index in [1.807, 2.05) is 13.0 Å². The zero-order valence-electron chi connectivity index (χ0n) is 9.14. The van der Waals surface area contributed by atoms with Gasteiger partial charge in [-0.05, 0) is 35.0 Å². The minimum atomic E-state index is -0.136. The number of halogens is 1. The van der Waals surface area contributed by atoms with Crippen LogP contribution in [0.1, 0.15) is 23.7 Å². The van der Waals surface area contributed by atoms with Gasteiger partial charge in [0.05, 0.1) is 18.1 Å². The van der Waals surface area contributed by atoms with Crippen molar-refractivity contribution in [2.75, 3.05) is 7.05 Å². The molecule has 0 saturated carbocycles. The van der Waals surface area contributed by atoms with E-state index in [4.69, 9.17) is 5.26 Å². The molecule has 16 heavy (non-hydrogen) atoms. The number of pyridine rings is 1. The first-order chi connectivity index (χ1) is 7.57. The lowest BCUT2D eigenvalue weighted by Crippen LogP contribution is -2.35. The highest BCUT2D eigenvalue weighted by molar-refractivity contribution is 9.10. The first kappa shape index (κ1) is 12.7. The van der Waals surface area contributed by atoms with Crippen LogP contribution in [0.15, 0.2) is 22.9 Å². The second-order valence-corrected chi connectivity index (χ2v) is 4.22. The zero-order chi connectivity index (χ0) is 12.1. The van der Waals surface area contributed by atoms with Crippen molar-refractivity contribution < 1.29 is 4.79 Å². The number of nitriles is 1. The van der Waals surface area contributed by atoms with Gasteiger partial charge < -0.3 is 4.90 Å². The quantitative estimate of drug-likeness (QED) is 0.799. The Morgan fingerprint density at radius 3 is 3.00 bits per heavy atom. The molecule has 0 saturated heterocycles. The van der Waals surface area contributed by atoms with E-state index in [9.17, 15) is 4.79 Å². The summed E-state index contributed by atoms with van der Waals surface area (Å²) in [5, 5.41) is 8.58. The summed E-state index contributed by atoms with van der Waals surface area (Å²) >= 11 is 3.23. The number of aromatic nitrogens is 1. The first-order valence-corrected chi connectivity index (χ1v) is 5.62. The van der Waals surface area contributed by atoms with Crippen molar-refractivity contribution in [1.29, 1.82) is 5.26 Å². The first-order valence-electron chi connectivity index (χ1n) is 4.82. The van der Waals surface area contributed by atoms with Crippen LogP contribution in [-0.4, -0.2) is 28.9 Å². The predicted octanol–water partition coefficient (Wildman–Crippen LogP) is 2.22. The highest BCUT2D eigenvalue weighted by atomic mass is 79.9. The van der Waals surface area contributed by atoms with Gasteiger partial charge in [-0.1, -0.05) is 0 Å². The van der Waals surface area contributed by atoms with E-state index in [1.165, 1.54) is 0 Å². The molecule has 0 radical (unpaired) electrons. The molecule has 0 aliphatic heterocycles. The van der Waals surface area contributed by atoms with E-state index >= 15 is 0 Å². The van der Waals surface area contributed by atoms with E-state index < -0.39 is 0 Å². The lowest BCUT2D eigenvalue weighted by atomic mass is 10.2. The van der Waals surface area contributed by atoms with Gasteiger partial charge in [-0.25, -0.2) is 4.98 Å². The Hall–Kier alpha value is -1.41. The summed E-state index contributed by atoms with van der Waals surface area (Å²) in [6, 6.07) is 5.35. The Bertz CT molecular complexity index is 427. The molecule has 0 N–H and O–H groups in total. The van der Waals surface area contributed by atoms with Gasteiger partial charge in [-0.2, -0.15) is 5.26 Å². The fourth-order valence-corrected chi connectivity index (χ4v) is 1.62. The number of nitrogens with zero attached hydrogens (tertiary/aromatic N) is 3. The number of carbonyl (C=O) groups excluding carboxylic acids is 1. The molecular formula is C11H12BrN3O. The molecule has 1 heterocycles. The Balaban J connectivity index is 2.87. The summed E-state index contributed by atoms with van der Waals surface area (Å²) in [4.78, 5) is 17.6. The molecular weight excluding hydrogens is 270 g/mol. The van der Waals surface area contributed by atoms with E-state index in [1.54, 1.807) is 30.3 Å². The Kier molecular flexibility index (Phi) is 4.44. The average Bonchev–Trinajstić information content (AvgIpc) is 2.28. The molecule has 4 nitrogen and oxygen atoms in total. The number of hydrogen-bond donors (Lipinski definition) is 0. The fraction of sp³-hybridized carbons (Fsp3) is 0.364. The number of hydrogen-bond acceptors (Lipinski definition) is 3. The van der Waals surface area contributed by atoms with Gasteiger partial charge in [0.15, 0.2) is 0 Å². The third-order valence-corrected chi connectivity index (χ3v) is 2.99. The van der Waals surface area contributed by atoms with Crippen LogP contribution in [0.2, 0.25) is 0 Å². The van der Waals surface area contributed by atoms with Gasteiger partial charge in [0.25, 0.3) is 5.91 Å². The lowest BCUT2D eigenvalue weighted by molar-refractivity contribution is 0.0745. The molecule has 1 atom stereocenters. The molecule has 1 unspecified atom stereocenters. The maximum absolute atomic E-state index is 12.0. The molecule has 0 fully saturated rings. The largest absolute Gasteiger partial charge is 0.338 e. The van der Waals surface area contributed by atoms with Crippen LogP contribution in [0.4, 0.5) is 0 Å². The third-order valence-electron chi connectivity index (χ3n) is 2.36. The highest BCUT2D eigenvalue weighted by Crippen LogP contribution is 2.16. The van der Waals surface area contributed by atoms with E-state index in [0.717, 1.165) is 0 Å². The van der Waals surface area contributed by atoms with Crippen LogP contribution in [0.5, 0.6) is 0 Å². The second kappa shape index (κ2) is 5.61. The highest BCUT2D eigenvalue weighted by Gasteiger charge is 2.19. The average molecular weight is 282 g/mol. The molecule has 5 heteroatoms. The van der Waals surface area contributed by atoms with Gasteiger partial charge in [0, 0.05) is 19.3 Å². The Morgan fingerprint density at radius 1 is 1.75 bits per heavy atom. The van der Waals surface area contributed by atoms with Gasteiger partial charge in [-0.3, -0.25) is 4.79 Å². The molecule has 0 aromatic carbocycles. The van der Waals surface area contributed by atoms with Crippen LogP contribution in [0.3, 0.4) is 0 Å². The van der Waals surface area contributed by atoms with Crippen molar-refractivity contribution >= 4 is 21.8 Å². The minimum absolute atomic E-state index is 0.107. The maximum atomic E-state index is 12.0. The Labute approximate surface area is 103 Å². The fourth-order valence-electron chi connectivity index (χ4n) is 1.20. The molecule has 1 aromatic rings. The van der Waals surface area contributed by atoms with E-state index in [-0.39, 0.29) is 11.9 Å². The van der Waals surface area contributed by atoms with Crippen molar-refractivity contribution in [3.8, 4) is 6.07 Å². The molecule has 0 aliphatic carbocycles. The molecule has 0 aliphatic rings. The summed E-state index contributed by atoms with van der Waals surface area (Å²) in [6.45, 7) is 1.84. The van der Waals surface area contributed by atoms with Crippen LogP contribution >= 0.6 is 15.9 Å². The summed E-state index contributed by atoms with van der Waals surface area (Å²) in [5.74, 6) is -0.136. The second-order valence-electron chi connectivity index (χ2n) is 3.47. The van der Waals surface area contributed by atoms with Crippen molar-refractivity contribution in [2.24, 2.45) is 0 Å². The van der Waals surface area contributed by atoms with Gasteiger partial charge in [0.1, 0.15) is 4.60 Å². The summed E-state index contributed by atoms with van der Waals surface area (Å²) in [7, 11) is 1.68. The number of rotatable bonds is 3. The standard InChI is InChI=1S/C11H12BrN3O/c1-8(5-6-13)15(2)11(16)9-4-3-7-14-10(9)12/h3-4,7-8H,5H2,1-2H3. The smallest absolute Gasteiger partial charge is 0.256 e. The van der Waals surface area contributed by atoms with Crippen molar-refractivity contribution in [1.82, 2.24) is 9.88 Å². The monoisotopic (exact) mass is 281 g/mol. The predicted molar refractivity (Wildman–Crippen MR) is 63.7 cm³/mol.